The third-order valence-corrected chi connectivity index (χ3v) is 8.64. The Kier molecular flexibility index (Phi) is 9.70. The minimum atomic E-state index is -2.66. The van der Waals surface area contributed by atoms with Crippen LogP contribution in [0.3, 0.4) is 0 Å². The van der Waals surface area contributed by atoms with E-state index in [1.165, 1.54) is 4.90 Å². The first-order valence-electron chi connectivity index (χ1n) is 14.8. The van der Waals surface area contributed by atoms with E-state index >= 15 is 0 Å². The van der Waals surface area contributed by atoms with Crippen LogP contribution in [-0.2, 0) is 30.4 Å². The zero-order chi connectivity index (χ0) is 29.9. The Morgan fingerprint density at radius 3 is 2.52 bits per heavy atom. The molecule has 0 bridgehead atoms. The van der Waals surface area contributed by atoms with Gasteiger partial charge in [0.15, 0.2) is 0 Å². The van der Waals surface area contributed by atoms with E-state index in [1.807, 2.05) is 25.2 Å². The number of alkyl halides is 2. The molecule has 4 fully saturated rings. The fraction of sp³-hybridized carbons (Fsp3) is 0.815. The van der Waals surface area contributed by atoms with Gasteiger partial charge >= 0.3 is 0 Å². The Morgan fingerprint density at radius 2 is 1.76 bits per heavy atom. The van der Waals surface area contributed by atoms with Gasteiger partial charge in [0.2, 0.25) is 23.6 Å². The van der Waals surface area contributed by atoms with E-state index in [-0.39, 0.29) is 95.3 Å². The van der Waals surface area contributed by atoms with Crippen molar-refractivity contribution >= 4 is 17.7 Å². The number of ether oxygens (including phenoxy) is 2. The summed E-state index contributed by atoms with van der Waals surface area (Å²) >= 11 is 0. The normalized spacial score (nSPS) is 29.2. The molecule has 1 aromatic rings. The standard InChI is InChI=1S/C27H42F2N8O5/c1-33(2)14-19-15-37(32-31-19)21-13-22-25(39)30-7-10-41-11-12-42-18-24(38)35-9-8-34(17-23(35)26(40)36(22)16-21)20-3-5-27(28,29)6-4-20/h15,20-23H,3-14,16-18H2,1-2H3,(H,30,39)/t21-,22-,23-/m0/s1. The van der Waals surface area contributed by atoms with Crippen LogP contribution in [0, 0.1) is 0 Å². The molecule has 3 saturated heterocycles. The van der Waals surface area contributed by atoms with Gasteiger partial charge in [-0.15, -0.1) is 5.10 Å². The van der Waals surface area contributed by atoms with E-state index in [0.29, 0.717) is 32.4 Å². The zero-order valence-electron chi connectivity index (χ0n) is 24.4. The lowest BCUT2D eigenvalue weighted by molar-refractivity contribution is -0.155. The lowest BCUT2D eigenvalue weighted by atomic mass is 9.90. The summed E-state index contributed by atoms with van der Waals surface area (Å²) in [5, 5.41) is 11.4. The number of nitrogens with one attached hydrogen (secondary N) is 1. The highest BCUT2D eigenvalue weighted by Gasteiger charge is 2.47. The highest BCUT2D eigenvalue weighted by Crippen LogP contribution is 2.36. The van der Waals surface area contributed by atoms with Crippen LogP contribution in [0.1, 0.15) is 43.8 Å². The molecule has 4 aliphatic rings. The Morgan fingerprint density at radius 1 is 1.00 bits per heavy atom. The molecule has 1 N–H and O–H groups in total. The molecule has 3 atom stereocenters. The first-order valence-corrected chi connectivity index (χ1v) is 14.8. The smallest absolute Gasteiger partial charge is 0.249 e. The third-order valence-electron chi connectivity index (χ3n) is 8.64. The minimum Gasteiger partial charge on any atom is -0.377 e. The fourth-order valence-electron chi connectivity index (χ4n) is 6.44. The Bertz CT molecular complexity index is 1110. The molecular formula is C27H42F2N8O5. The van der Waals surface area contributed by atoms with Gasteiger partial charge in [-0.25, -0.2) is 13.5 Å². The topological polar surface area (TPSA) is 125 Å². The maximum atomic E-state index is 14.3. The van der Waals surface area contributed by atoms with E-state index < -0.39 is 18.0 Å². The number of hydrogen-bond acceptors (Lipinski definition) is 9. The molecule has 234 valence electrons. The van der Waals surface area contributed by atoms with Crippen molar-refractivity contribution in [3.63, 3.8) is 0 Å². The van der Waals surface area contributed by atoms with Crippen LogP contribution in [0.15, 0.2) is 6.20 Å². The van der Waals surface area contributed by atoms with Crippen molar-refractivity contribution in [1.29, 1.82) is 0 Å². The van der Waals surface area contributed by atoms with Gasteiger partial charge in [0.25, 0.3) is 0 Å². The molecule has 1 aliphatic carbocycles. The van der Waals surface area contributed by atoms with Crippen LogP contribution in [0.4, 0.5) is 8.78 Å². The number of carbonyl (C=O) groups excluding carboxylic acids is 3. The fourth-order valence-corrected chi connectivity index (χ4v) is 6.44. The van der Waals surface area contributed by atoms with Crippen LogP contribution >= 0.6 is 0 Å². The van der Waals surface area contributed by atoms with Crippen LogP contribution in [0.5, 0.6) is 0 Å². The number of piperazine rings is 1. The van der Waals surface area contributed by atoms with Gasteiger partial charge in [-0.3, -0.25) is 19.3 Å². The van der Waals surface area contributed by atoms with Crippen LogP contribution in [-0.4, -0.2) is 150 Å². The number of carbonyl (C=O) groups is 3. The molecule has 4 heterocycles. The highest BCUT2D eigenvalue weighted by molar-refractivity contribution is 5.93. The maximum Gasteiger partial charge on any atom is 0.249 e. The Labute approximate surface area is 244 Å². The van der Waals surface area contributed by atoms with E-state index in [2.05, 4.69) is 20.5 Å². The van der Waals surface area contributed by atoms with Gasteiger partial charge in [-0.05, 0) is 26.9 Å². The summed E-state index contributed by atoms with van der Waals surface area (Å²) < 4.78 is 40.5. The molecule has 0 spiro atoms. The predicted molar refractivity (Wildman–Crippen MR) is 145 cm³/mol. The number of fused-ring (bicyclic) bond motifs is 2. The first-order chi connectivity index (χ1) is 20.1. The molecule has 1 saturated carbocycles. The predicted octanol–water partition coefficient (Wildman–Crippen LogP) is -0.265. The summed E-state index contributed by atoms with van der Waals surface area (Å²) in [6, 6.07) is -2.01. The van der Waals surface area contributed by atoms with Crippen LogP contribution < -0.4 is 5.32 Å². The number of aromatic nitrogens is 3. The third kappa shape index (κ3) is 7.24. The summed E-state index contributed by atoms with van der Waals surface area (Å²) in [5.41, 5.74) is 0.773. The quantitative estimate of drug-likeness (QED) is 0.500. The summed E-state index contributed by atoms with van der Waals surface area (Å²) in [6.07, 6.45) is 2.48. The lowest BCUT2D eigenvalue weighted by Gasteiger charge is -2.46. The van der Waals surface area contributed by atoms with Crippen molar-refractivity contribution in [2.24, 2.45) is 0 Å². The van der Waals surface area contributed by atoms with E-state index in [9.17, 15) is 23.2 Å². The van der Waals surface area contributed by atoms with Crippen molar-refractivity contribution in [2.75, 3.05) is 73.2 Å². The molecule has 13 nitrogen and oxygen atoms in total. The van der Waals surface area contributed by atoms with Crippen molar-refractivity contribution in [1.82, 2.24) is 39.9 Å². The van der Waals surface area contributed by atoms with Crippen molar-refractivity contribution < 1.29 is 32.6 Å². The summed E-state index contributed by atoms with van der Waals surface area (Å²) in [5.74, 6) is -3.61. The molecule has 42 heavy (non-hydrogen) atoms. The number of nitrogens with zero attached hydrogens (tertiary/aromatic N) is 7. The summed E-state index contributed by atoms with van der Waals surface area (Å²) in [7, 11) is 3.87. The second kappa shape index (κ2) is 13.3. The summed E-state index contributed by atoms with van der Waals surface area (Å²) in [6.45, 7) is 2.62. The second-order valence-corrected chi connectivity index (χ2v) is 12.0. The molecule has 0 aromatic carbocycles. The monoisotopic (exact) mass is 596 g/mol. The van der Waals surface area contributed by atoms with Gasteiger partial charge in [0, 0.05) is 64.6 Å². The van der Waals surface area contributed by atoms with E-state index in [1.54, 1.807) is 9.58 Å². The SMILES string of the molecule is CN(C)Cc1cn([C@H]2C[C@H]3C(=O)NCCOCCOCC(=O)N4CCN(C5CCC(F)(F)CC5)C[C@H]4C(=O)N3C2)nn1. The largest absolute Gasteiger partial charge is 0.377 e. The number of amides is 3. The lowest BCUT2D eigenvalue weighted by Crippen LogP contribution is -2.64. The average Bonchev–Trinajstić information content (AvgIpc) is 3.60. The van der Waals surface area contributed by atoms with Gasteiger partial charge in [0.05, 0.1) is 37.8 Å². The minimum absolute atomic E-state index is 0.0876. The molecule has 0 unspecified atom stereocenters. The number of hydrogen-bond donors (Lipinski definition) is 1. The Balaban J connectivity index is 1.39. The molecule has 3 amide bonds. The number of halogens is 2. The van der Waals surface area contributed by atoms with E-state index in [0.717, 1.165) is 5.69 Å². The van der Waals surface area contributed by atoms with Gasteiger partial charge in [-0.1, -0.05) is 5.21 Å². The average molecular weight is 597 g/mol. The highest BCUT2D eigenvalue weighted by atomic mass is 19.3. The number of rotatable bonds is 4. The first kappa shape index (κ1) is 30.7. The Hall–Kier alpha value is -2.75. The molecular weight excluding hydrogens is 554 g/mol. The zero-order valence-corrected chi connectivity index (χ0v) is 24.4. The second-order valence-electron chi connectivity index (χ2n) is 12.0. The van der Waals surface area contributed by atoms with Crippen molar-refractivity contribution in [3.8, 4) is 0 Å². The summed E-state index contributed by atoms with van der Waals surface area (Å²) in [4.78, 5) is 48.2. The van der Waals surface area contributed by atoms with Gasteiger partial charge in [0.1, 0.15) is 18.7 Å². The molecule has 15 heteroatoms. The van der Waals surface area contributed by atoms with Crippen LogP contribution in [0.2, 0.25) is 0 Å². The van der Waals surface area contributed by atoms with Gasteiger partial charge < -0.3 is 29.5 Å². The molecule has 3 aliphatic heterocycles. The van der Waals surface area contributed by atoms with Crippen molar-refractivity contribution in [3.05, 3.63) is 11.9 Å². The van der Waals surface area contributed by atoms with Gasteiger partial charge in [-0.2, -0.15) is 0 Å². The molecule has 1 aromatic heterocycles. The van der Waals surface area contributed by atoms with E-state index in [4.69, 9.17) is 9.47 Å². The molecule has 5 rings (SSSR count). The van der Waals surface area contributed by atoms with Crippen LogP contribution in [0.25, 0.3) is 0 Å². The molecule has 0 radical (unpaired) electrons. The van der Waals surface area contributed by atoms with Crippen molar-refractivity contribution in [2.45, 2.75) is 68.7 Å². The maximum absolute atomic E-state index is 14.3.